The maximum absolute atomic E-state index is 12.2. The zero-order valence-electron chi connectivity index (χ0n) is 11.0. The number of nitrogens with two attached hydrogens (primary N) is 1. The number of ether oxygens (including phenoxy) is 1. The Hall–Kier alpha value is -0.860. The third-order valence-corrected chi connectivity index (χ3v) is 5.15. The molecule has 1 atom stereocenters. The number of nitrogens with one attached hydrogen (secondary N) is 1. The van der Waals surface area contributed by atoms with Crippen LogP contribution >= 0.6 is 11.6 Å². The molecule has 8 heteroatoms. The van der Waals surface area contributed by atoms with E-state index in [-0.39, 0.29) is 23.1 Å². The van der Waals surface area contributed by atoms with Crippen molar-refractivity contribution in [1.82, 2.24) is 4.72 Å². The van der Waals surface area contributed by atoms with E-state index in [1.807, 2.05) is 0 Å². The van der Waals surface area contributed by atoms with Crippen LogP contribution in [0.15, 0.2) is 17.0 Å². The quantitative estimate of drug-likeness (QED) is 0.707. The zero-order valence-corrected chi connectivity index (χ0v) is 12.6. The Morgan fingerprint density at radius 1 is 1.55 bits per heavy atom. The molecular weight excluding hydrogens is 304 g/mol. The summed E-state index contributed by atoms with van der Waals surface area (Å²) in [6.07, 6.45) is 0.388. The Morgan fingerprint density at radius 3 is 2.85 bits per heavy atom. The van der Waals surface area contributed by atoms with Gasteiger partial charge in [-0.1, -0.05) is 11.6 Å². The third kappa shape index (κ3) is 3.24. The molecule has 0 spiro atoms. The van der Waals surface area contributed by atoms with E-state index in [0.717, 1.165) is 0 Å². The summed E-state index contributed by atoms with van der Waals surface area (Å²) in [5.41, 5.74) is 5.59. The highest BCUT2D eigenvalue weighted by Gasteiger charge is 2.34. The lowest BCUT2D eigenvalue weighted by atomic mass is 10.1. The van der Waals surface area contributed by atoms with Crippen molar-refractivity contribution in [3.8, 4) is 0 Å². The predicted octanol–water partition coefficient (Wildman–Crippen LogP) is 0.660. The predicted molar refractivity (Wildman–Crippen MR) is 76.2 cm³/mol. The van der Waals surface area contributed by atoms with Crippen molar-refractivity contribution >= 4 is 27.3 Å². The molecule has 6 nitrogen and oxygen atoms in total. The molecule has 1 aliphatic heterocycles. The zero-order chi connectivity index (χ0) is 15.0. The van der Waals surface area contributed by atoms with Crippen LogP contribution in [0.3, 0.4) is 0 Å². The topological polar surface area (TPSA) is 102 Å². The molecule has 1 aromatic rings. The summed E-state index contributed by atoms with van der Waals surface area (Å²) in [6, 6.07) is 2.81. The van der Waals surface area contributed by atoms with E-state index in [0.29, 0.717) is 24.3 Å². The summed E-state index contributed by atoms with van der Waals surface area (Å²) < 4.78 is 31.8. The van der Waals surface area contributed by atoms with Crippen LogP contribution in [-0.4, -0.2) is 38.9 Å². The van der Waals surface area contributed by atoms with E-state index in [4.69, 9.17) is 22.1 Å². The van der Waals surface area contributed by atoms with Crippen LogP contribution in [0.2, 0.25) is 5.02 Å². The van der Waals surface area contributed by atoms with Gasteiger partial charge in [0, 0.05) is 25.3 Å². The van der Waals surface area contributed by atoms with Crippen LogP contribution in [0.4, 0.5) is 5.69 Å². The lowest BCUT2D eigenvalue weighted by Crippen LogP contribution is -2.43. The van der Waals surface area contributed by atoms with Gasteiger partial charge in [-0.15, -0.1) is 0 Å². The molecule has 2 rings (SSSR count). The molecule has 0 amide bonds. The van der Waals surface area contributed by atoms with Crippen molar-refractivity contribution < 1.29 is 18.3 Å². The first kappa shape index (κ1) is 15.5. The molecule has 0 saturated carbocycles. The Bertz CT molecular complexity index is 612. The van der Waals surface area contributed by atoms with Gasteiger partial charge in [-0.05, 0) is 24.6 Å². The minimum Gasteiger partial charge on any atom is -0.398 e. The number of aryl methyl sites for hydroxylation is 1. The van der Waals surface area contributed by atoms with Crippen molar-refractivity contribution in [2.24, 2.45) is 0 Å². The molecule has 1 aromatic carbocycles. The monoisotopic (exact) mass is 320 g/mol. The molecule has 0 aromatic heterocycles. The first-order valence-corrected chi connectivity index (χ1v) is 7.95. The Morgan fingerprint density at radius 2 is 2.25 bits per heavy atom. The second-order valence-electron chi connectivity index (χ2n) is 4.99. The van der Waals surface area contributed by atoms with Crippen LogP contribution in [-0.2, 0) is 14.8 Å². The number of aliphatic hydroxyl groups is 1. The van der Waals surface area contributed by atoms with Gasteiger partial charge in [0.25, 0.3) is 0 Å². The van der Waals surface area contributed by atoms with Gasteiger partial charge in [0.1, 0.15) is 10.5 Å². The van der Waals surface area contributed by atoms with Gasteiger partial charge in [0.15, 0.2) is 0 Å². The summed E-state index contributed by atoms with van der Waals surface area (Å²) in [6.45, 7) is 2.14. The largest absolute Gasteiger partial charge is 0.398 e. The Kier molecular flexibility index (Phi) is 4.27. The van der Waals surface area contributed by atoms with Gasteiger partial charge in [-0.3, -0.25) is 0 Å². The molecule has 112 valence electrons. The summed E-state index contributed by atoms with van der Waals surface area (Å²) >= 11 is 5.95. The summed E-state index contributed by atoms with van der Waals surface area (Å²) in [5.74, 6) is 0. The number of hydrogen-bond acceptors (Lipinski definition) is 5. The molecule has 0 bridgehead atoms. The van der Waals surface area contributed by atoms with Gasteiger partial charge in [0.05, 0.1) is 11.6 Å². The number of rotatable bonds is 4. The van der Waals surface area contributed by atoms with Crippen LogP contribution in [0.5, 0.6) is 0 Å². The standard InChI is InChI=1S/C12H17ClN2O4S/c1-8-4-9(13)11(5-10(8)14)20(17,18)15-6-12(16)2-3-19-7-12/h4-5,15-16H,2-3,6-7,14H2,1H3. The highest BCUT2D eigenvalue weighted by Crippen LogP contribution is 2.27. The fourth-order valence-corrected chi connectivity index (χ4v) is 3.65. The lowest BCUT2D eigenvalue weighted by Gasteiger charge is -2.21. The molecule has 1 saturated heterocycles. The van der Waals surface area contributed by atoms with Gasteiger partial charge >= 0.3 is 0 Å². The van der Waals surface area contributed by atoms with Crippen molar-refractivity contribution in [2.75, 3.05) is 25.5 Å². The molecular formula is C12H17ClN2O4S. The average molecular weight is 321 g/mol. The van der Waals surface area contributed by atoms with Crippen LogP contribution in [0.25, 0.3) is 0 Å². The van der Waals surface area contributed by atoms with Crippen LogP contribution in [0, 0.1) is 6.92 Å². The highest BCUT2D eigenvalue weighted by molar-refractivity contribution is 7.89. The van der Waals surface area contributed by atoms with E-state index >= 15 is 0 Å². The highest BCUT2D eigenvalue weighted by atomic mass is 35.5. The van der Waals surface area contributed by atoms with Crippen molar-refractivity contribution in [3.05, 3.63) is 22.7 Å². The van der Waals surface area contributed by atoms with Gasteiger partial charge < -0.3 is 15.6 Å². The number of sulfonamides is 1. The second-order valence-corrected chi connectivity index (χ2v) is 7.13. The normalized spacial score (nSPS) is 23.1. The first-order valence-electron chi connectivity index (χ1n) is 6.09. The van der Waals surface area contributed by atoms with E-state index in [2.05, 4.69) is 4.72 Å². The minimum atomic E-state index is -3.83. The minimum absolute atomic E-state index is 0.0928. The number of anilines is 1. The summed E-state index contributed by atoms with van der Waals surface area (Å²) in [5, 5.41) is 10.2. The molecule has 1 aliphatic rings. The van der Waals surface area contributed by atoms with E-state index in [1.54, 1.807) is 6.92 Å². The fraction of sp³-hybridized carbons (Fsp3) is 0.500. The number of halogens is 1. The molecule has 20 heavy (non-hydrogen) atoms. The molecule has 0 radical (unpaired) electrons. The average Bonchev–Trinajstić information content (AvgIpc) is 2.79. The number of benzene rings is 1. The first-order chi connectivity index (χ1) is 9.23. The Labute approximate surface area is 122 Å². The third-order valence-electron chi connectivity index (χ3n) is 3.28. The van der Waals surface area contributed by atoms with Crippen molar-refractivity contribution in [2.45, 2.75) is 23.8 Å². The lowest BCUT2D eigenvalue weighted by molar-refractivity contribution is 0.0314. The number of hydrogen-bond donors (Lipinski definition) is 3. The molecule has 4 N–H and O–H groups in total. The van der Waals surface area contributed by atoms with Gasteiger partial charge in [-0.2, -0.15) is 0 Å². The van der Waals surface area contributed by atoms with E-state index in [1.165, 1.54) is 12.1 Å². The van der Waals surface area contributed by atoms with E-state index < -0.39 is 15.6 Å². The molecule has 1 unspecified atom stereocenters. The number of nitrogen functional groups attached to an aromatic ring is 1. The summed E-state index contributed by atoms with van der Waals surface area (Å²) in [4.78, 5) is -0.0928. The van der Waals surface area contributed by atoms with E-state index in [9.17, 15) is 13.5 Å². The Balaban J connectivity index is 2.20. The molecule has 0 aliphatic carbocycles. The SMILES string of the molecule is Cc1cc(Cl)c(S(=O)(=O)NCC2(O)CCOC2)cc1N. The fourth-order valence-electron chi connectivity index (χ4n) is 1.92. The smallest absolute Gasteiger partial charge is 0.242 e. The van der Waals surface area contributed by atoms with Crippen LogP contribution in [0.1, 0.15) is 12.0 Å². The molecule has 1 heterocycles. The van der Waals surface area contributed by atoms with Gasteiger partial charge in [0.2, 0.25) is 10.0 Å². The van der Waals surface area contributed by atoms with Crippen molar-refractivity contribution in [1.29, 1.82) is 0 Å². The molecule has 1 fully saturated rings. The second kappa shape index (κ2) is 5.50. The maximum atomic E-state index is 12.2. The van der Waals surface area contributed by atoms with Crippen LogP contribution < -0.4 is 10.5 Å². The van der Waals surface area contributed by atoms with Gasteiger partial charge in [-0.25, -0.2) is 13.1 Å². The summed E-state index contributed by atoms with van der Waals surface area (Å²) in [7, 11) is -3.83. The maximum Gasteiger partial charge on any atom is 0.242 e. The van der Waals surface area contributed by atoms with Crippen molar-refractivity contribution in [3.63, 3.8) is 0 Å².